The van der Waals surface area contributed by atoms with Crippen LogP contribution in [0.2, 0.25) is 0 Å². The number of rotatable bonds is 3. The van der Waals surface area contributed by atoms with Gasteiger partial charge in [0.25, 0.3) is 0 Å². The van der Waals surface area contributed by atoms with Crippen LogP contribution in [0.25, 0.3) is 6.08 Å². The summed E-state index contributed by atoms with van der Waals surface area (Å²) >= 11 is 1.34. The standard InChI is InChI=1S/C13H16OS/c1-10-6-4-7-11(2)13(10)8-5-9-15-12(3)14/h4-8H,9H2,1-3H3. The molecule has 0 aliphatic rings. The molecule has 0 atom stereocenters. The number of carbonyl (C=O) groups excluding carboxylic acids is 1. The minimum atomic E-state index is 0.168. The van der Waals surface area contributed by atoms with E-state index in [1.807, 2.05) is 6.08 Å². The van der Waals surface area contributed by atoms with Crippen molar-refractivity contribution in [1.29, 1.82) is 0 Å². The summed E-state index contributed by atoms with van der Waals surface area (Å²) in [5.41, 5.74) is 3.82. The summed E-state index contributed by atoms with van der Waals surface area (Å²) in [6.07, 6.45) is 4.14. The van der Waals surface area contributed by atoms with E-state index in [1.54, 1.807) is 6.92 Å². The number of hydrogen-bond acceptors (Lipinski definition) is 2. The van der Waals surface area contributed by atoms with Gasteiger partial charge in [0.2, 0.25) is 0 Å². The molecule has 80 valence electrons. The first-order chi connectivity index (χ1) is 7.11. The molecule has 0 spiro atoms. The minimum Gasteiger partial charge on any atom is -0.288 e. The summed E-state index contributed by atoms with van der Waals surface area (Å²) in [5, 5.41) is 0.168. The zero-order valence-electron chi connectivity index (χ0n) is 9.41. The molecule has 0 fully saturated rings. The van der Waals surface area contributed by atoms with Crippen molar-refractivity contribution in [3.8, 4) is 0 Å². The number of hydrogen-bond donors (Lipinski definition) is 0. The molecule has 0 N–H and O–H groups in total. The average molecular weight is 220 g/mol. The normalized spacial score (nSPS) is 10.9. The summed E-state index contributed by atoms with van der Waals surface area (Å²) in [6.45, 7) is 5.80. The Bertz CT molecular complexity index is 360. The highest BCUT2D eigenvalue weighted by molar-refractivity contribution is 8.13. The predicted octanol–water partition coefficient (Wildman–Crippen LogP) is 3.60. The van der Waals surface area contributed by atoms with Crippen molar-refractivity contribution >= 4 is 23.0 Å². The topological polar surface area (TPSA) is 17.1 Å². The van der Waals surface area contributed by atoms with E-state index in [9.17, 15) is 4.79 Å². The van der Waals surface area contributed by atoms with Crippen LogP contribution in [0.4, 0.5) is 0 Å². The van der Waals surface area contributed by atoms with Gasteiger partial charge in [0, 0.05) is 12.7 Å². The molecule has 0 radical (unpaired) electrons. The van der Waals surface area contributed by atoms with Gasteiger partial charge in [0.15, 0.2) is 5.12 Å². The Morgan fingerprint density at radius 2 is 1.93 bits per heavy atom. The van der Waals surface area contributed by atoms with Gasteiger partial charge in [0.05, 0.1) is 0 Å². The van der Waals surface area contributed by atoms with Crippen molar-refractivity contribution < 1.29 is 4.79 Å². The molecule has 0 unspecified atom stereocenters. The van der Waals surface area contributed by atoms with Gasteiger partial charge in [-0.3, -0.25) is 4.79 Å². The number of benzene rings is 1. The van der Waals surface area contributed by atoms with E-state index < -0.39 is 0 Å². The van der Waals surface area contributed by atoms with Gasteiger partial charge < -0.3 is 0 Å². The molecular formula is C13H16OS. The molecular weight excluding hydrogens is 204 g/mol. The van der Waals surface area contributed by atoms with Crippen LogP contribution in [0.3, 0.4) is 0 Å². The highest BCUT2D eigenvalue weighted by Crippen LogP contribution is 2.15. The zero-order chi connectivity index (χ0) is 11.3. The third kappa shape index (κ3) is 3.92. The number of aryl methyl sites for hydroxylation is 2. The fraction of sp³-hybridized carbons (Fsp3) is 0.308. The molecule has 0 bridgehead atoms. The quantitative estimate of drug-likeness (QED) is 0.774. The lowest BCUT2D eigenvalue weighted by Gasteiger charge is -2.03. The summed E-state index contributed by atoms with van der Waals surface area (Å²) in [7, 11) is 0. The molecule has 2 heteroatoms. The van der Waals surface area contributed by atoms with Crippen LogP contribution in [0.1, 0.15) is 23.6 Å². The van der Waals surface area contributed by atoms with Gasteiger partial charge in [-0.1, -0.05) is 42.1 Å². The second-order valence-electron chi connectivity index (χ2n) is 3.51. The molecule has 0 aromatic heterocycles. The van der Waals surface area contributed by atoms with Gasteiger partial charge in [-0.05, 0) is 30.5 Å². The molecule has 1 aromatic carbocycles. The minimum absolute atomic E-state index is 0.168. The van der Waals surface area contributed by atoms with E-state index in [-0.39, 0.29) is 5.12 Å². The predicted molar refractivity (Wildman–Crippen MR) is 68.1 cm³/mol. The van der Waals surface area contributed by atoms with Crippen LogP contribution < -0.4 is 0 Å². The van der Waals surface area contributed by atoms with Crippen molar-refractivity contribution in [2.75, 3.05) is 5.75 Å². The molecule has 0 saturated heterocycles. The summed E-state index contributed by atoms with van der Waals surface area (Å²) in [5.74, 6) is 0.753. The molecule has 0 aliphatic heterocycles. The summed E-state index contributed by atoms with van der Waals surface area (Å²) < 4.78 is 0. The van der Waals surface area contributed by atoms with Crippen LogP contribution >= 0.6 is 11.8 Å². The van der Waals surface area contributed by atoms with E-state index in [4.69, 9.17) is 0 Å². The second kappa shape index (κ2) is 5.76. The molecule has 0 heterocycles. The highest BCUT2D eigenvalue weighted by Gasteiger charge is 1.97. The smallest absolute Gasteiger partial charge is 0.186 e. The van der Waals surface area contributed by atoms with Crippen LogP contribution in [-0.4, -0.2) is 10.9 Å². The lowest BCUT2D eigenvalue weighted by Crippen LogP contribution is -1.86. The Morgan fingerprint density at radius 3 is 2.47 bits per heavy atom. The van der Waals surface area contributed by atoms with Crippen LogP contribution in [0, 0.1) is 13.8 Å². The SMILES string of the molecule is CC(=O)SCC=Cc1c(C)cccc1C. The zero-order valence-corrected chi connectivity index (χ0v) is 10.2. The molecule has 0 aliphatic carbocycles. The van der Waals surface area contributed by atoms with E-state index in [0.29, 0.717) is 0 Å². The maximum atomic E-state index is 10.7. The van der Waals surface area contributed by atoms with Gasteiger partial charge in [-0.15, -0.1) is 0 Å². The molecule has 15 heavy (non-hydrogen) atoms. The summed E-state index contributed by atoms with van der Waals surface area (Å²) in [6, 6.07) is 6.27. The second-order valence-corrected chi connectivity index (χ2v) is 4.71. The highest BCUT2D eigenvalue weighted by atomic mass is 32.2. The maximum absolute atomic E-state index is 10.7. The number of thioether (sulfide) groups is 1. The van der Waals surface area contributed by atoms with Crippen molar-refractivity contribution in [2.24, 2.45) is 0 Å². The van der Waals surface area contributed by atoms with Gasteiger partial charge in [-0.2, -0.15) is 0 Å². The number of carbonyl (C=O) groups is 1. The van der Waals surface area contributed by atoms with Gasteiger partial charge in [0.1, 0.15) is 0 Å². The van der Waals surface area contributed by atoms with Crippen molar-refractivity contribution in [1.82, 2.24) is 0 Å². The monoisotopic (exact) mass is 220 g/mol. The van der Waals surface area contributed by atoms with Crippen molar-refractivity contribution in [3.05, 3.63) is 41.0 Å². The molecule has 1 aromatic rings. The lowest BCUT2D eigenvalue weighted by atomic mass is 10.0. The molecule has 1 rings (SSSR count). The lowest BCUT2D eigenvalue weighted by molar-refractivity contribution is -0.109. The third-order valence-electron chi connectivity index (χ3n) is 2.21. The van der Waals surface area contributed by atoms with E-state index in [2.05, 4.69) is 38.1 Å². The molecule has 0 amide bonds. The summed E-state index contributed by atoms with van der Waals surface area (Å²) in [4.78, 5) is 10.7. The van der Waals surface area contributed by atoms with E-state index >= 15 is 0 Å². The Hall–Kier alpha value is -1.02. The molecule has 1 nitrogen and oxygen atoms in total. The van der Waals surface area contributed by atoms with Gasteiger partial charge >= 0.3 is 0 Å². The van der Waals surface area contributed by atoms with Crippen molar-refractivity contribution in [2.45, 2.75) is 20.8 Å². The Balaban J connectivity index is 2.67. The van der Waals surface area contributed by atoms with Crippen LogP contribution in [0.15, 0.2) is 24.3 Å². The Morgan fingerprint density at radius 1 is 1.33 bits per heavy atom. The van der Waals surface area contributed by atoms with E-state index in [0.717, 1.165) is 5.75 Å². The van der Waals surface area contributed by atoms with Crippen LogP contribution in [0.5, 0.6) is 0 Å². The van der Waals surface area contributed by atoms with Gasteiger partial charge in [-0.25, -0.2) is 0 Å². The Labute approximate surface area is 95.6 Å². The Kier molecular flexibility index (Phi) is 4.63. The first kappa shape index (κ1) is 12.1. The fourth-order valence-corrected chi connectivity index (χ4v) is 1.85. The van der Waals surface area contributed by atoms with E-state index in [1.165, 1.54) is 28.5 Å². The maximum Gasteiger partial charge on any atom is 0.186 e. The average Bonchev–Trinajstić information content (AvgIpc) is 2.15. The fourth-order valence-electron chi connectivity index (χ4n) is 1.42. The largest absolute Gasteiger partial charge is 0.288 e. The first-order valence-electron chi connectivity index (χ1n) is 4.97. The van der Waals surface area contributed by atoms with Crippen molar-refractivity contribution in [3.63, 3.8) is 0 Å². The van der Waals surface area contributed by atoms with Crippen LogP contribution in [-0.2, 0) is 4.79 Å². The molecule has 0 saturated carbocycles. The first-order valence-corrected chi connectivity index (χ1v) is 5.96. The third-order valence-corrected chi connectivity index (χ3v) is 2.98.